The van der Waals surface area contributed by atoms with Gasteiger partial charge < -0.3 is 9.84 Å². The molecule has 0 bridgehead atoms. The Morgan fingerprint density at radius 2 is 2.05 bits per heavy atom. The summed E-state index contributed by atoms with van der Waals surface area (Å²) in [5.41, 5.74) is 0.611. The molecule has 1 aliphatic heterocycles. The number of sulfonamides is 1. The van der Waals surface area contributed by atoms with Crippen molar-refractivity contribution >= 4 is 10.0 Å². The molecule has 0 aromatic heterocycles. The van der Waals surface area contributed by atoms with E-state index in [0.717, 1.165) is 12.8 Å². The summed E-state index contributed by atoms with van der Waals surface area (Å²) in [5.74, 6) is 0.440. The van der Waals surface area contributed by atoms with Gasteiger partial charge >= 0.3 is 0 Å². The van der Waals surface area contributed by atoms with E-state index in [4.69, 9.17) is 9.84 Å². The van der Waals surface area contributed by atoms with Crippen LogP contribution in [0, 0.1) is 5.92 Å². The van der Waals surface area contributed by atoms with Gasteiger partial charge in [-0.15, -0.1) is 0 Å². The number of aliphatic hydroxyl groups excluding tert-OH is 1. The molecular weight excluding hydrogens is 278 g/mol. The van der Waals surface area contributed by atoms with E-state index in [0.29, 0.717) is 31.2 Å². The quantitative estimate of drug-likeness (QED) is 0.888. The maximum absolute atomic E-state index is 12.5. The van der Waals surface area contributed by atoms with E-state index < -0.39 is 10.0 Å². The molecule has 1 fully saturated rings. The lowest BCUT2D eigenvalue weighted by Crippen LogP contribution is -2.39. The SMILES string of the molecule is COCC1CCN(S(=O)(=O)c2cccc(CO)c2)CC1. The molecule has 5 nitrogen and oxygen atoms in total. The number of rotatable bonds is 5. The minimum absolute atomic E-state index is 0.153. The first-order valence-corrected chi connectivity index (χ1v) is 8.21. The fourth-order valence-electron chi connectivity index (χ4n) is 2.51. The van der Waals surface area contributed by atoms with Crippen LogP contribution in [-0.4, -0.2) is 44.6 Å². The molecule has 0 atom stereocenters. The van der Waals surface area contributed by atoms with Crippen LogP contribution in [-0.2, 0) is 21.4 Å². The predicted octanol–water partition coefficient (Wildman–Crippen LogP) is 1.23. The zero-order valence-electron chi connectivity index (χ0n) is 11.7. The Bertz CT molecular complexity index is 536. The lowest BCUT2D eigenvalue weighted by Gasteiger charge is -2.30. The standard InChI is InChI=1S/C14H21NO4S/c1-19-11-12-5-7-15(8-6-12)20(17,18)14-4-2-3-13(9-14)10-16/h2-4,9,12,16H,5-8,10-11H2,1H3. The van der Waals surface area contributed by atoms with Gasteiger partial charge in [0.05, 0.1) is 11.5 Å². The summed E-state index contributed by atoms with van der Waals surface area (Å²) in [6.07, 6.45) is 1.65. The first-order valence-electron chi connectivity index (χ1n) is 6.77. The van der Waals surface area contributed by atoms with Crippen molar-refractivity contribution < 1.29 is 18.3 Å². The lowest BCUT2D eigenvalue weighted by molar-refractivity contribution is 0.121. The van der Waals surface area contributed by atoms with Crippen LogP contribution in [0.1, 0.15) is 18.4 Å². The van der Waals surface area contributed by atoms with Crippen LogP contribution in [0.5, 0.6) is 0 Å². The van der Waals surface area contributed by atoms with Crippen LogP contribution >= 0.6 is 0 Å². The minimum atomic E-state index is -3.45. The molecule has 1 aromatic rings. The first-order chi connectivity index (χ1) is 9.57. The predicted molar refractivity (Wildman–Crippen MR) is 75.7 cm³/mol. The maximum atomic E-state index is 12.5. The highest BCUT2D eigenvalue weighted by atomic mass is 32.2. The number of hydrogen-bond acceptors (Lipinski definition) is 4. The van der Waals surface area contributed by atoms with Crippen molar-refractivity contribution in [3.8, 4) is 0 Å². The Kier molecular flexibility index (Phi) is 5.15. The molecule has 1 heterocycles. The van der Waals surface area contributed by atoms with E-state index in [9.17, 15) is 8.42 Å². The average Bonchev–Trinajstić information content (AvgIpc) is 2.48. The largest absolute Gasteiger partial charge is 0.392 e. The van der Waals surface area contributed by atoms with E-state index in [1.807, 2.05) is 0 Å². The van der Waals surface area contributed by atoms with Crippen molar-refractivity contribution in [3.63, 3.8) is 0 Å². The Hall–Kier alpha value is -0.950. The third-order valence-corrected chi connectivity index (χ3v) is 5.59. The topological polar surface area (TPSA) is 66.8 Å². The Morgan fingerprint density at radius 1 is 1.35 bits per heavy atom. The van der Waals surface area contributed by atoms with Crippen molar-refractivity contribution in [2.45, 2.75) is 24.3 Å². The van der Waals surface area contributed by atoms with Gasteiger partial charge in [-0.2, -0.15) is 4.31 Å². The van der Waals surface area contributed by atoms with Crippen LogP contribution in [0.25, 0.3) is 0 Å². The van der Waals surface area contributed by atoms with Crippen molar-refractivity contribution in [2.75, 3.05) is 26.8 Å². The Labute approximate surface area is 120 Å². The number of methoxy groups -OCH3 is 1. The highest BCUT2D eigenvalue weighted by Crippen LogP contribution is 2.24. The Morgan fingerprint density at radius 3 is 2.65 bits per heavy atom. The van der Waals surface area contributed by atoms with Gasteiger partial charge in [0.1, 0.15) is 0 Å². The molecule has 0 aliphatic carbocycles. The Balaban J connectivity index is 2.11. The van der Waals surface area contributed by atoms with Gasteiger partial charge in [-0.25, -0.2) is 8.42 Å². The van der Waals surface area contributed by atoms with Gasteiger partial charge in [0.2, 0.25) is 10.0 Å². The van der Waals surface area contributed by atoms with Crippen LogP contribution in [0.3, 0.4) is 0 Å². The average molecular weight is 299 g/mol. The third-order valence-electron chi connectivity index (χ3n) is 3.69. The molecule has 0 spiro atoms. The third kappa shape index (κ3) is 3.38. The summed E-state index contributed by atoms with van der Waals surface area (Å²) >= 11 is 0. The summed E-state index contributed by atoms with van der Waals surface area (Å²) in [5, 5.41) is 9.11. The van der Waals surface area contributed by atoms with Crippen molar-refractivity contribution in [1.29, 1.82) is 0 Å². The second-order valence-corrected chi connectivity index (χ2v) is 7.05. The molecule has 112 valence electrons. The number of hydrogen-bond donors (Lipinski definition) is 1. The highest BCUT2D eigenvalue weighted by Gasteiger charge is 2.29. The van der Waals surface area contributed by atoms with Gasteiger partial charge in [-0.3, -0.25) is 0 Å². The lowest BCUT2D eigenvalue weighted by atomic mass is 9.99. The maximum Gasteiger partial charge on any atom is 0.243 e. The number of nitrogens with zero attached hydrogens (tertiary/aromatic N) is 1. The van der Waals surface area contributed by atoms with Gasteiger partial charge in [0.25, 0.3) is 0 Å². The molecule has 1 aliphatic rings. The summed E-state index contributed by atoms with van der Waals surface area (Å²) in [6, 6.07) is 6.49. The summed E-state index contributed by atoms with van der Waals surface area (Å²) < 4.78 is 31.7. The second kappa shape index (κ2) is 6.67. The highest BCUT2D eigenvalue weighted by molar-refractivity contribution is 7.89. The fraction of sp³-hybridized carbons (Fsp3) is 0.571. The molecule has 0 unspecified atom stereocenters. The van der Waals surface area contributed by atoms with E-state index >= 15 is 0 Å². The molecule has 1 aromatic carbocycles. The zero-order chi connectivity index (χ0) is 14.6. The van der Waals surface area contributed by atoms with Gasteiger partial charge in [0, 0.05) is 26.8 Å². The molecule has 2 rings (SSSR count). The molecular formula is C14H21NO4S. The van der Waals surface area contributed by atoms with Gasteiger partial charge in [0.15, 0.2) is 0 Å². The van der Waals surface area contributed by atoms with Crippen LogP contribution in [0.2, 0.25) is 0 Å². The number of aliphatic hydroxyl groups is 1. The minimum Gasteiger partial charge on any atom is -0.392 e. The normalized spacial score (nSPS) is 18.3. The molecule has 1 saturated heterocycles. The summed E-state index contributed by atoms with van der Waals surface area (Å²) in [4.78, 5) is 0.259. The molecule has 0 amide bonds. The van der Waals surface area contributed by atoms with Crippen molar-refractivity contribution in [3.05, 3.63) is 29.8 Å². The van der Waals surface area contributed by atoms with E-state index in [1.54, 1.807) is 25.3 Å². The molecule has 0 radical (unpaired) electrons. The molecule has 1 N–H and O–H groups in total. The van der Waals surface area contributed by atoms with Gasteiger partial charge in [-0.1, -0.05) is 12.1 Å². The van der Waals surface area contributed by atoms with E-state index in [1.165, 1.54) is 10.4 Å². The molecule has 6 heteroatoms. The molecule has 0 saturated carbocycles. The summed E-state index contributed by atoms with van der Waals surface area (Å²) in [6.45, 7) is 1.59. The fourth-order valence-corrected chi connectivity index (χ4v) is 4.05. The number of benzene rings is 1. The van der Waals surface area contributed by atoms with Crippen molar-refractivity contribution in [2.24, 2.45) is 5.92 Å². The summed E-state index contributed by atoms with van der Waals surface area (Å²) in [7, 11) is -1.78. The van der Waals surface area contributed by atoms with Crippen LogP contribution in [0.15, 0.2) is 29.2 Å². The number of ether oxygens (including phenoxy) is 1. The van der Waals surface area contributed by atoms with Crippen molar-refractivity contribution in [1.82, 2.24) is 4.31 Å². The first kappa shape index (κ1) is 15.4. The zero-order valence-corrected chi connectivity index (χ0v) is 12.5. The second-order valence-electron chi connectivity index (χ2n) is 5.11. The smallest absolute Gasteiger partial charge is 0.243 e. The van der Waals surface area contributed by atoms with Crippen LogP contribution < -0.4 is 0 Å². The van der Waals surface area contributed by atoms with Gasteiger partial charge in [-0.05, 0) is 36.5 Å². The van der Waals surface area contributed by atoms with Crippen LogP contribution in [0.4, 0.5) is 0 Å². The van der Waals surface area contributed by atoms with E-state index in [2.05, 4.69) is 0 Å². The number of piperidine rings is 1. The van der Waals surface area contributed by atoms with E-state index in [-0.39, 0.29) is 11.5 Å². The monoisotopic (exact) mass is 299 g/mol. The molecule has 20 heavy (non-hydrogen) atoms.